The van der Waals surface area contributed by atoms with E-state index < -0.39 is 6.10 Å². The first kappa shape index (κ1) is 20.4. The molecule has 29 heavy (non-hydrogen) atoms. The fraction of sp³-hybridized carbons (Fsp3) is 0.444. The van der Waals surface area contributed by atoms with E-state index in [2.05, 4.69) is 30.9 Å². The summed E-state index contributed by atoms with van der Waals surface area (Å²) in [7, 11) is 1.41. The van der Waals surface area contributed by atoms with Gasteiger partial charge in [-0.15, -0.1) is 5.10 Å². The monoisotopic (exact) mass is 403 g/mol. The zero-order valence-corrected chi connectivity index (χ0v) is 16.7. The highest BCUT2D eigenvalue weighted by atomic mass is 16.5. The lowest BCUT2D eigenvalue weighted by molar-refractivity contribution is 0.208. The molecule has 0 aliphatic carbocycles. The van der Waals surface area contributed by atoms with Crippen LogP contribution in [0.4, 0.5) is 11.8 Å². The summed E-state index contributed by atoms with van der Waals surface area (Å²) in [4.78, 5) is 8.87. The van der Waals surface area contributed by atoms with Gasteiger partial charge in [-0.05, 0) is 26.8 Å². The molecule has 3 rings (SSSR count). The first-order valence-corrected chi connectivity index (χ1v) is 9.17. The van der Waals surface area contributed by atoms with Crippen LogP contribution in [0.2, 0.25) is 0 Å². The number of nitrogens with one attached hydrogen (secondary N) is 2. The zero-order valence-electron chi connectivity index (χ0n) is 16.7. The second-order valence-corrected chi connectivity index (χ2v) is 6.93. The van der Waals surface area contributed by atoms with Crippen molar-refractivity contribution in [1.82, 2.24) is 25.0 Å². The predicted octanol–water partition coefficient (Wildman–Crippen LogP) is 1.63. The molecule has 0 saturated carbocycles. The molecule has 1 atom stereocenters. The Labute approximate surface area is 167 Å². The van der Waals surface area contributed by atoms with Crippen LogP contribution in [-0.2, 0) is 6.54 Å². The molecular formula is C18H25N7O4. The van der Waals surface area contributed by atoms with Crippen LogP contribution in [0.25, 0.3) is 11.2 Å². The third-order valence-corrected chi connectivity index (χ3v) is 4.19. The summed E-state index contributed by atoms with van der Waals surface area (Å²) in [5.41, 5.74) is 1.45. The molecule has 0 saturated heterocycles. The number of methoxy groups -OCH3 is 1. The van der Waals surface area contributed by atoms with E-state index in [1.54, 1.807) is 11.6 Å². The van der Waals surface area contributed by atoms with Gasteiger partial charge in [0.1, 0.15) is 5.75 Å². The number of ether oxygens (including phenoxy) is 1. The van der Waals surface area contributed by atoms with E-state index in [9.17, 15) is 15.3 Å². The fourth-order valence-corrected chi connectivity index (χ4v) is 2.70. The van der Waals surface area contributed by atoms with Crippen LogP contribution in [-0.4, -0.2) is 60.0 Å². The minimum Gasteiger partial charge on any atom is -0.507 e. The molecule has 11 heteroatoms. The van der Waals surface area contributed by atoms with Gasteiger partial charge < -0.3 is 30.7 Å². The van der Waals surface area contributed by atoms with Crippen molar-refractivity contribution < 1.29 is 20.1 Å². The zero-order chi connectivity index (χ0) is 21.1. The van der Waals surface area contributed by atoms with Gasteiger partial charge in [0.15, 0.2) is 28.5 Å². The van der Waals surface area contributed by atoms with Crippen molar-refractivity contribution in [3.8, 4) is 17.2 Å². The number of fused-ring (bicyclic) bond motifs is 1. The smallest absolute Gasteiger partial charge is 0.226 e. The first-order valence-electron chi connectivity index (χ1n) is 9.17. The maximum absolute atomic E-state index is 10.2. The minimum absolute atomic E-state index is 0.0317. The summed E-state index contributed by atoms with van der Waals surface area (Å²) < 4.78 is 6.66. The molecule has 0 aliphatic heterocycles. The summed E-state index contributed by atoms with van der Waals surface area (Å²) in [5.74, 6) is 0.785. The average molecular weight is 403 g/mol. The Balaban J connectivity index is 1.94. The van der Waals surface area contributed by atoms with E-state index in [0.29, 0.717) is 28.5 Å². The number of hydrogen-bond donors (Lipinski definition) is 5. The van der Waals surface area contributed by atoms with E-state index in [1.807, 2.05) is 13.8 Å². The van der Waals surface area contributed by atoms with Gasteiger partial charge in [0.25, 0.3) is 0 Å². The van der Waals surface area contributed by atoms with E-state index in [1.165, 1.54) is 19.2 Å². The Morgan fingerprint density at radius 2 is 1.86 bits per heavy atom. The minimum atomic E-state index is -0.571. The fourth-order valence-electron chi connectivity index (χ4n) is 2.70. The van der Waals surface area contributed by atoms with E-state index in [0.717, 1.165) is 0 Å². The lowest BCUT2D eigenvalue weighted by Gasteiger charge is -2.13. The van der Waals surface area contributed by atoms with Gasteiger partial charge in [0.2, 0.25) is 5.95 Å². The summed E-state index contributed by atoms with van der Waals surface area (Å²) in [5, 5.41) is 44.1. The Morgan fingerprint density at radius 3 is 2.52 bits per heavy atom. The maximum Gasteiger partial charge on any atom is 0.226 e. The largest absolute Gasteiger partial charge is 0.507 e. The quantitative estimate of drug-likeness (QED) is 0.351. The molecule has 0 amide bonds. The molecule has 1 unspecified atom stereocenters. The number of hydrogen-bond acceptors (Lipinski definition) is 10. The summed E-state index contributed by atoms with van der Waals surface area (Å²) in [6, 6.07) is 2.79. The number of phenols is 2. The molecule has 5 N–H and O–H groups in total. The molecule has 11 nitrogen and oxygen atoms in total. The number of rotatable bonds is 8. The van der Waals surface area contributed by atoms with Crippen molar-refractivity contribution in [3.05, 3.63) is 17.7 Å². The van der Waals surface area contributed by atoms with Gasteiger partial charge >= 0.3 is 0 Å². The molecule has 0 aliphatic rings. The molecular weight excluding hydrogens is 378 g/mol. The topological polar surface area (TPSA) is 150 Å². The molecule has 2 heterocycles. The normalized spacial score (nSPS) is 12.3. The predicted molar refractivity (Wildman–Crippen MR) is 107 cm³/mol. The summed E-state index contributed by atoms with van der Waals surface area (Å²) in [6.07, 6.45) is -0.571. The lowest BCUT2D eigenvalue weighted by Crippen LogP contribution is -2.18. The van der Waals surface area contributed by atoms with Gasteiger partial charge in [0.05, 0.1) is 19.3 Å². The molecule has 1 aromatic carbocycles. The third kappa shape index (κ3) is 4.40. The highest BCUT2D eigenvalue weighted by molar-refractivity contribution is 5.83. The molecule has 156 valence electrons. The van der Waals surface area contributed by atoms with Crippen molar-refractivity contribution in [2.75, 3.05) is 24.3 Å². The van der Waals surface area contributed by atoms with Crippen molar-refractivity contribution >= 4 is 22.9 Å². The van der Waals surface area contributed by atoms with E-state index in [-0.39, 0.29) is 36.4 Å². The van der Waals surface area contributed by atoms with E-state index in [4.69, 9.17) is 4.74 Å². The summed E-state index contributed by atoms with van der Waals surface area (Å²) in [6.45, 7) is 6.03. The van der Waals surface area contributed by atoms with Crippen LogP contribution in [0.3, 0.4) is 0 Å². The maximum atomic E-state index is 10.2. The Bertz CT molecular complexity index is 1000. The van der Waals surface area contributed by atoms with Gasteiger partial charge in [0, 0.05) is 24.7 Å². The molecule has 0 radical (unpaired) electrons. The first-order chi connectivity index (χ1) is 13.8. The SMILES string of the molecule is COc1cc(O)c(CNc2nc(NCC(C)O)nc3c2nnn3C(C)C)cc1O. The van der Waals surface area contributed by atoms with Crippen LogP contribution in [0, 0.1) is 0 Å². The Kier molecular flexibility index (Phi) is 5.87. The Morgan fingerprint density at radius 1 is 1.10 bits per heavy atom. The third-order valence-electron chi connectivity index (χ3n) is 4.19. The average Bonchev–Trinajstić information content (AvgIpc) is 3.10. The Hall–Kier alpha value is -3.34. The summed E-state index contributed by atoms with van der Waals surface area (Å²) >= 11 is 0. The molecule has 0 bridgehead atoms. The van der Waals surface area contributed by atoms with Gasteiger partial charge in [-0.2, -0.15) is 9.97 Å². The lowest BCUT2D eigenvalue weighted by atomic mass is 10.1. The highest BCUT2D eigenvalue weighted by Gasteiger charge is 2.17. The van der Waals surface area contributed by atoms with Crippen molar-refractivity contribution in [1.29, 1.82) is 0 Å². The van der Waals surface area contributed by atoms with Gasteiger partial charge in [-0.3, -0.25) is 0 Å². The second kappa shape index (κ2) is 8.35. The van der Waals surface area contributed by atoms with Gasteiger partial charge in [-0.1, -0.05) is 5.21 Å². The highest BCUT2D eigenvalue weighted by Crippen LogP contribution is 2.33. The number of anilines is 2. The molecule has 2 aromatic heterocycles. The number of aromatic nitrogens is 5. The second-order valence-electron chi connectivity index (χ2n) is 6.93. The number of aromatic hydroxyl groups is 2. The van der Waals surface area contributed by atoms with E-state index >= 15 is 0 Å². The van der Waals surface area contributed by atoms with Crippen molar-refractivity contribution in [2.45, 2.75) is 39.5 Å². The van der Waals surface area contributed by atoms with Crippen LogP contribution in [0.5, 0.6) is 17.2 Å². The molecule has 0 spiro atoms. The van der Waals surface area contributed by atoms with Crippen LogP contribution in [0.15, 0.2) is 12.1 Å². The standard InChI is InChI=1S/C18H25N7O4/c1-9(2)25-17-15(23-24-25)16(21-18(22-17)20-7-10(3)26)19-8-11-5-13(28)14(29-4)6-12(11)27/h5-6,9-10,26-28H,7-8H2,1-4H3,(H2,19,20,21,22). The molecule has 3 aromatic rings. The van der Waals surface area contributed by atoms with Crippen LogP contribution in [0.1, 0.15) is 32.4 Å². The number of aliphatic hydroxyl groups excluding tert-OH is 1. The van der Waals surface area contributed by atoms with Crippen molar-refractivity contribution in [2.24, 2.45) is 0 Å². The van der Waals surface area contributed by atoms with Crippen molar-refractivity contribution in [3.63, 3.8) is 0 Å². The molecule has 0 fully saturated rings. The van der Waals surface area contributed by atoms with Crippen LogP contribution < -0.4 is 15.4 Å². The number of phenolic OH excluding ortho intramolecular Hbond substituents is 2. The van der Waals surface area contributed by atoms with Crippen LogP contribution >= 0.6 is 0 Å². The number of aliphatic hydroxyl groups is 1. The number of benzene rings is 1. The number of nitrogens with zero attached hydrogens (tertiary/aromatic N) is 5. The van der Waals surface area contributed by atoms with Gasteiger partial charge in [-0.25, -0.2) is 4.68 Å².